The Bertz CT molecular complexity index is 647. The maximum absolute atomic E-state index is 6.04. The van der Waals surface area contributed by atoms with Crippen LogP contribution in [0.4, 0.5) is 0 Å². The van der Waals surface area contributed by atoms with Gasteiger partial charge in [-0.1, -0.05) is 44.2 Å². The van der Waals surface area contributed by atoms with Crippen LogP contribution < -0.4 is 0 Å². The number of aromatic nitrogens is 3. The van der Waals surface area contributed by atoms with E-state index in [0.717, 1.165) is 35.2 Å². The largest absolute Gasteiger partial charge is 0.373 e. The molecule has 1 atom stereocenters. The summed E-state index contributed by atoms with van der Waals surface area (Å²) >= 11 is 6.04. The lowest BCUT2D eigenvalue weighted by Gasteiger charge is -2.18. The molecule has 1 aliphatic carbocycles. The van der Waals surface area contributed by atoms with Crippen molar-refractivity contribution in [1.82, 2.24) is 14.8 Å². The van der Waals surface area contributed by atoms with Crippen molar-refractivity contribution in [2.24, 2.45) is 0 Å². The monoisotopic (exact) mass is 347 g/mol. The molecular weight excluding hydrogens is 322 g/mol. The second kappa shape index (κ2) is 8.13. The van der Waals surface area contributed by atoms with Gasteiger partial charge in [0.15, 0.2) is 11.6 Å². The molecule has 1 unspecified atom stereocenters. The van der Waals surface area contributed by atoms with Gasteiger partial charge in [-0.15, -0.1) is 0 Å². The molecule has 0 saturated heterocycles. The van der Waals surface area contributed by atoms with E-state index in [2.05, 4.69) is 6.92 Å². The summed E-state index contributed by atoms with van der Waals surface area (Å²) in [6, 6.07) is 7.77. The van der Waals surface area contributed by atoms with Crippen LogP contribution in [0.1, 0.15) is 75.5 Å². The van der Waals surface area contributed by atoms with Crippen molar-refractivity contribution < 1.29 is 4.74 Å². The Labute approximate surface area is 149 Å². The molecule has 1 aromatic heterocycles. The van der Waals surface area contributed by atoms with Crippen molar-refractivity contribution in [3.8, 4) is 5.69 Å². The normalized spacial score (nSPS) is 17.1. The summed E-state index contributed by atoms with van der Waals surface area (Å²) in [5.74, 6) is 2.35. The van der Waals surface area contributed by atoms with E-state index in [4.69, 9.17) is 26.4 Å². The highest BCUT2D eigenvalue weighted by Crippen LogP contribution is 2.33. The highest BCUT2D eigenvalue weighted by Gasteiger charge is 2.25. The smallest absolute Gasteiger partial charge is 0.161 e. The molecule has 2 aromatic rings. The van der Waals surface area contributed by atoms with Gasteiger partial charge in [0.1, 0.15) is 6.10 Å². The predicted molar refractivity (Wildman–Crippen MR) is 96.9 cm³/mol. The van der Waals surface area contributed by atoms with Crippen LogP contribution in [-0.4, -0.2) is 21.9 Å². The minimum Gasteiger partial charge on any atom is -0.373 e. The summed E-state index contributed by atoms with van der Waals surface area (Å²) in [5, 5.41) is 5.59. The van der Waals surface area contributed by atoms with Gasteiger partial charge in [0.25, 0.3) is 0 Å². The third-order valence-corrected chi connectivity index (χ3v) is 5.07. The van der Waals surface area contributed by atoms with Gasteiger partial charge in [-0.05, 0) is 43.5 Å². The standard InChI is InChI=1S/C19H26ClN3O/c1-3-7-17(24-2)19-21-18(14-8-5-4-6-9-14)22-23(19)16-12-10-15(20)11-13-16/h10-14,17H,3-9H2,1-2H3. The van der Waals surface area contributed by atoms with Crippen molar-refractivity contribution in [1.29, 1.82) is 0 Å². The first-order valence-corrected chi connectivity index (χ1v) is 9.36. The minimum atomic E-state index is -0.0319. The van der Waals surface area contributed by atoms with Gasteiger partial charge < -0.3 is 4.74 Å². The van der Waals surface area contributed by atoms with Crippen molar-refractivity contribution in [3.05, 3.63) is 40.9 Å². The van der Waals surface area contributed by atoms with Crippen LogP contribution in [-0.2, 0) is 4.74 Å². The molecule has 130 valence electrons. The van der Waals surface area contributed by atoms with Crippen molar-refractivity contribution in [2.45, 2.75) is 63.9 Å². The third kappa shape index (κ3) is 3.81. The zero-order valence-electron chi connectivity index (χ0n) is 14.5. The summed E-state index contributed by atoms with van der Waals surface area (Å²) in [5.41, 5.74) is 0.988. The van der Waals surface area contributed by atoms with Crippen LogP contribution in [0.2, 0.25) is 5.02 Å². The molecule has 1 fully saturated rings. The molecule has 0 N–H and O–H groups in total. The second-order valence-corrected chi connectivity index (χ2v) is 7.00. The Hall–Kier alpha value is -1.39. The number of benzene rings is 1. The molecule has 0 aliphatic heterocycles. The fraction of sp³-hybridized carbons (Fsp3) is 0.579. The summed E-state index contributed by atoms with van der Waals surface area (Å²) in [6.45, 7) is 2.16. The second-order valence-electron chi connectivity index (χ2n) is 6.56. The predicted octanol–water partition coefficient (Wildman–Crippen LogP) is 5.46. The summed E-state index contributed by atoms with van der Waals surface area (Å²) in [4.78, 5) is 4.92. The quantitative estimate of drug-likeness (QED) is 0.696. The first kappa shape index (κ1) is 17.4. The molecule has 0 spiro atoms. The first-order chi connectivity index (χ1) is 11.7. The van der Waals surface area contributed by atoms with Crippen LogP contribution in [0.5, 0.6) is 0 Å². The van der Waals surface area contributed by atoms with Crippen molar-refractivity contribution >= 4 is 11.6 Å². The van der Waals surface area contributed by atoms with E-state index in [1.54, 1.807) is 7.11 Å². The number of hydrogen-bond donors (Lipinski definition) is 0. The summed E-state index contributed by atoms with van der Waals surface area (Å²) < 4.78 is 7.66. The minimum absolute atomic E-state index is 0.0319. The molecule has 1 heterocycles. The number of hydrogen-bond acceptors (Lipinski definition) is 3. The van der Waals surface area contributed by atoms with Gasteiger partial charge in [0.05, 0.1) is 5.69 Å². The van der Waals surface area contributed by atoms with Crippen LogP contribution in [0, 0.1) is 0 Å². The van der Waals surface area contributed by atoms with Gasteiger partial charge in [0, 0.05) is 18.1 Å². The lowest BCUT2D eigenvalue weighted by Crippen LogP contribution is -2.10. The van der Waals surface area contributed by atoms with E-state index in [0.29, 0.717) is 5.92 Å². The van der Waals surface area contributed by atoms with Crippen LogP contribution in [0.15, 0.2) is 24.3 Å². The van der Waals surface area contributed by atoms with Crippen molar-refractivity contribution in [3.63, 3.8) is 0 Å². The number of halogens is 1. The SMILES string of the molecule is CCCC(OC)c1nc(C2CCCCC2)nn1-c1ccc(Cl)cc1. The highest BCUT2D eigenvalue weighted by molar-refractivity contribution is 6.30. The van der Waals surface area contributed by atoms with E-state index >= 15 is 0 Å². The number of nitrogens with zero attached hydrogens (tertiary/aromatic N) is 3. The van der Waals surface area contributed by atoms with Gasteiger partial charge in [-0.2, -0.15) is 5.10 Å². The third-order valence-electron chi connectivity index (χ3n) is 4.81. The molecule has 3 rings (SSSR count). The molecule has 24 heavy (non-hydrogen) atoms. The Kier molecular flexibility index (Phi) is 5.90. The average Bonchev–Trinajstić information content (AvgIpc) is 3.06. The Morgan fingerprint density at radius 2 is 1.92 bits per heavy atom. The van der Waals surface area contributed by atoms with Gasteiger partial charge >= 0.3 is 0 Å². The van der Waals surface area contributed by atoms with Crippen LogP contribution in [0.25, 0.3) is 5.69 Å². The van der Waals surface area contributed by atoms with E-state index in [9.17, 15) is 0 Å². The Balaban J connectivity index is 1.99. The fourth-order valence-corrected chi connectivity index (χ4v) is 3.60. The molecular formula is C19H26ClN3O. The van der Waals surface area contributed by atoms with E-state index in [1.165, 1.54) is 32.1 Å². The first-order valence-electron chi connectivity index (χ1n) is 8.98. The highest BCUT2D eigenvalue weighted by atomic mass is 35.5. The van der Waals surface area contributed by atoms with E-state index in [1.807, 2.05) is 28.9 Å². The van der Waals surface area contributed by atoms with Gasteiger partial charge in [-0.25, -0.2) is 9.67 Å². The summed E-state index contributed by atoms with van der Waals surface area (Å²) in [6.07, 6.45) is 8.21. The lowest BCUT2D eigenvalue weighted by molar-refractivity contribution is 0.0857. The van der Waals surface area contributed by atoms with Gasteiger partial charge in [-0.3, -0.25) is 0 Å². The maximum Gasteiger partial charge on any atom is 0.161 e. The zero-order valence-corrected chi connectivity index (χ0v) is 15.3. The van der Waals surface area contributed by atoms with E-state index < -0.39 is 0 Å². The number of rotatable bonds is 6. The van der Waals surface area contributed by atoms with Crippen LogP contribution >= 0.6 is 11.6 Å². The lowest BCUT2D eigenvalue weighted by atomic mass is 9.89. The molecule has 4 nitrogen and oxygen atoms in total. The average molecular weight is 348 g/mol. The molecule has 1 aliphatic rings. The molecule has 1 aromatic carbocycles. The van der Waals surface area contributed by atoms with E-state index in [-0.39, 0.29) is 6.10 Å². The topological polar surface area (TPSA) is 39.9 Å². The van der Waals surface area contributed by atoms with Gasteiger partial charge in [0.2, 0.25) is 0 Å². The number of methoxy groups -OCH3 is 1. The maximum atomic E-state index is 6.04. The molecule has 5 heteroatoms. The van der Waals surface area contributed by atoms with Crippen molar-refractivity contribution in [2.75, 3.05) is 7.11 Å². The Morgan fingerprint density at radius 3 is 2.54 bits per heavy atom. The molecule has 0 amide bonds. The molecule has 0 radical (unpaired) electrons. The zero-order chi connectivity index (χ0) is 16.9. The molecule has 1 saturated carbocycles. The van der Waals surface area contributed by atoms with Crippen LogP contribution in [0.3, 0.4) is 0 Å². The summed E-state index contributed by atoms with van der Waals surface area (Å²) in [7, 11) is 1.75. The number of ether oxygens (including phenoxy) is 1. The Morgan fingerprint density at radius 1 is 1.21 bits per heavy atom. The molecule has 0 bridgehead atoms. The fourth-order valence-electron chi connectivity index (χ4n) is 3.47.